The number of anilines is 1. The first kappa shape index (κ1) is 14.1. The molecule has 2 aromatic rings. The van der Waals surface area contributed by atoms with E-state index in [4.69, 9.17) is 10.5 Å². The van der Waals surface area contributed by atoms with Crippen molar-refractivity contribution in [1.29, 1.82) is 0 Å². The molecule has 1 fully saturated rings. The SMILES string of the molecule is CN[C@@]1(n2cnc3c(N)ncnc32)O[C@H](CO)[C@@H](O)[C@H]1O. The molecule has 3 heterocycles. The van der Waals surface area contributed by atoms with Crippen LogP contribution in [0, 0.1) is 0 Å². The van der Waals surface area contributed by atoms with Crippen LogP contribution in [0.5, 0.6) is 0 Å². The maximum atomic E-state index is 10.3. The van der Waals surface area contributed by atoms with Crippen LogP contribution in [0.3, 0.4) is 0 Å². The van der Waals surface area contributed by atoms with Crippen LogP contribution in [0.15, 0.2) is 12.7 Å². The van der Waals surface area contributed by atoms with Crippen LogP contribution in [0.2, 0.25) is 0 Å². The molecule has 21 heavy (non-hydrogen) atoms. The van der Waals surface area contributed by atoms with Gasteiger partial charge in [0.2, 0.25) is 5.85 Å². The minimum Gasteiger partial charge on any atom is -0.394 e. The highest BCUT2D eigenvalue weighted by atomic mass is 16.6. The number of ether oxygens (including phenoxy) is 1. The second-order valence-corrected chi connectivity index (χ2v) is 4.77. The van der Waals surface area contributed by atoms with Gasteiger partial charge in [-0.25, -0.2) is 15.0 Å². The fourth-order valence-corrected chi connectivity index (χ4v) is 2.57. The Balaban J connectivity index is 2.17. The van der Waals surface area contributed by atoms with E-state index in [9.17, 15) is 15.3 Å². The lowest BCUT2D eigenvalue weighted by Gasteiger charge is -2.32. The summed E-state index contributed by atoms with van der Waals surface area (Å²) in [6.45, 7) is -0.439. The van der Waals surface area contributed by atoms with Crippen molar-refractivity contribution in [2.75, 3.05) is 19.4 Å². The lowest BCUT2D eigenvalue weighted by molar-refractivity contribution is -0.164. The molecule has 0 aromatic carbocycles. The van der Waals surface area contributed by atoms with Crippen molar-refractivity contribution in [3.05, 3.63) is 12.7 Å². The third-order valence-electron chi connectivity index (χ3n) is 3.69. The highest BCUT2D eigenvalue weighted by Crippen LogP contribution is 2.35. The molecule has 0 saturated carbocycles. The monoisotopic (exact) mass is 296 g/mol. The van der Waals surface area contributed by atoms with Crippen molar-refractivity contribution in [1.82, 2.24) is 24.8 Å². The first-order valence-electron chi connectivity index (χ1n) is 6.33. The quantitative estimate of drug-likeness (QED) is 0.409. The summed E-state index contributed by atoms with van der Waals surface area (Å²) >= 11 is 0. The minimum absolute atomic E-state index is 0.191. The molecule has 3 rings (SSSR count). The van der Waals surface area contributed by atoms with Gasteiger partial charge in [-0.1, -0.05) is 0 Å². The lowest BCUT2D eigenvalue weighted by Crippen LogP contribution is -2.54. The predicted molar refractivity (Wildman–Crippen MR) is 70.7 cm³/mol. The van der Waals surface area contributed by atoms with Gasteiger partial charge in [0, 0.05) is 0 Å². The Kier molecular flexibility index (Phi) is 3.26. The number of hydrogen-bond acceptors (Lipinski definition) is 9. The molecule has 0 bridgehead atoms. The summed E-state index contributed by atoms with van der Waals surface area (Å²) in [5.41, 5.74) is 6.41. The van der Waals surface area contributed by atoms with E-state index in [1.165, 1.54) is 17.2 Å². The molecule has 6 N–H and O–H groups in total. The van der Waals surface area contributed by atoms with Gasteiger partial charge in [0.15, 0.2) is 11.5 Å². The van der Waals surface area contributed by atoms with Gasteiger partial charge in [-0.2, -0.15) is 0 Å². The van der Waals surface area contributed by atoms with Crippen molar-refractivity contribution in [2.45, 2.75) is 24.2 Å². The standard InChI is InChI=1S/C11H16N6O4/c1-13-11(8(20)7(19)5(2-18)21-11)17-4-16-6-9(12)14-3-15-10(6)17/h3-5,7-8,13,18-20H,2H2,1H3,(H2,12,14,15)/t5-,7-,8-,11+/m1/s1. The average molecular weight is 296 g/mol. The second-order valence-electron chi connectivity index (χ2n) is 4.77. The van der Waals surface area contributed by atoms with Crippen LogP contribution in [-0.2, 0) is 10.6 Å². The molecule has 4 atom stereocenters. The minimum atomic E-state index is -1.51. The number of nitrogens with zero attached hydrogens (tertiary/aromatic N) is 4. The molecule has 114 valence electrons. The summed E-state index contributed by atoms with van der Waals surface area (Å²) < 4.78 is 7.05. The maximum Gasteiger partial charge on any atom is 0.234 e. The molecule has 0 aliphatic carbocycles. The largest absolute Gasteiger partial charge is 0.394 e. The fraction of sp³-hybridized carbons (Fsp3) is 0.545. The first-order chi connectivity index (χ1) is 10.0. The van der Waals surface area contributed by atoms with Crippen molar-refractivity contribution >= 4 is 17.0 Å². The van der Waals surface area contributed by atoms with Crippen LogP contribution in [-0.4, -0.2) is 66.8 Å². The molecule has 0 unspecified atom stereocenters. The number of nitrogens with two attached hydrogens (primary N) is 1. The third-order valence-corrected chi connectivity index (χ3v) is 3.69. The normalized spacial score (nSPS) is 32.9. The summed E-state index contributed by atoms with van der Waals surface area (Å²) in [7, 11) is 1.55. The number of aliphatic hydroxyl groups excluding tert-OH is 3. The molecule has 1 aliphatic heterocycles. The van der Waals surface area contributed by atoms with Crippen LogP contribution < -0.4 is 11.1 Å². The van der Waals surface area contributed by atoms with E-state index in [1.54, 1.807) is 7.05 Å². The number of nitrogen functional groups attached to an aromatic ring is 1. The summed E-state index contributed by atoms with van der Waals surface area (Å²) in [6.07, 6.45) is -0.904. The highest BCUT2D eigenvalue weighted by Gasteiger charge is 2.55. The summed E-state index contributed by atoms with van der Waals surface area (Å²) in [5.74, 6) is -1.32. The smallest absolute Gasteiger partial charge is 0.234 e. The van der Waals surface area contributed by atoms with Gasteiger partial charge in [0.25, 0.3) is 0 Å². The highest BCUT2D eigenvalue weighted by molar-refractivity contribution is 5.81. The zero-order valence-electron chi connectivity index (χ0n) is 11.2. The van der Waals surface area contributed by atoms with Crippen LogP contribution in [0.1, 0.15) is 0 Å². The van der Waals surface area contributed by atoms with Gasteiger partial charge >= 0.3 is 0 Å². The van der Waals surface area contributed by atoms with Gasteiger partial charge in [0.05, 0.1) is 6.61 Å². The number of imidazole rings is 1. The van der Waals surface area contributed by atoms with E-state index < -0.39 is 30.8 Å². The zero-order chi connectivity index (χ0) is 15.2. The molecule has 1 saturated heterocycles. The van der Waals surface area contributed by atoms with E-state index in [0.29, 0.717) is 11.2 Å². The number of aromatic nitrogens is 4. The van der Waals surface area contributed by atoms with Crippen LogP contribution in [0.4, 0.5) is 5.82 Å². The Hall–Kier alpha value is -1.85. The van der Waals surface area contributed by atoms with Crippen LogP contribution >= 0.6 is 0 Å². The van der Waals surface area contributed by atoms with Crippen molar-refractivity contribution < 1.29 is 20.1 Å². The molecule has 0 radical (unpaired) electrons. The molecule has 10 heteroatoms. The van der Waals surface area contributed by atoms with Gasteiger partial charge in [-0.15, -0.1) is 0 Å². The number of nitrogens with one attached hydrogen (secondary N) is 1. The van der Waals surface area contributed by atoms with E-state index >= 15 is 0 Å². The molecular weight excluding hydrogens is 280 g/mol. The van der Waals surface area contributed by atoms with Crippen molar-refractivity contribution in [2.24, 2.45) is 0 Å². The van der Waals surface area contributed by atoms with Gasteiger partial charge in [0.1, 0.15) is 36.5 Å². The number of aliphatic hydroxyl groups is 3. The van der Waals surface area contributed by atoms with E-state index in [-0.39, 0.29) is 5.82 Å². The number of likely N-dealkylation sites (N-methyl/N-ethyl adjacent to an activating group) is 1. The summed E-state index contributed by atoms with van der Waals surface area (Å²) in [4.78, 5) is 12.0. The molecule has 0 amide bonds. The first-order valence-corrected chi connectivity index (χ1v) is 6.33. The number of fused-ring (bicyclic) bond motifs is 1. The maximum absolute atomic E-state index is 10.3. The third kappa shape index (κ3) is 1.81. The van der Waals surface area contributed by atoms with E-state index in [0.717, 1.165) is 0 Å². The molecule has 1 aliphatic rings. The molecule has 2 aromatic heterocycles. The second kappa shape index (κ2) is 4.86. The van der Waals surface area contributed by atoms with Gasteiger partial charge < -0.3 is 25.8 Å². The summed E-state index contributed by atoms with van der Waals surface area (Å²) in [5, 5.41) is 32.4. The molecule has 0 spiro atoms. The Morgan fingerprint density at radius 2 is 2.19 bits per heavy atom. The lowest BCUT2D eigenvalue weighted by atomic mass is 10.1. The average Bonchev–Trinajstić information content (AvgIpc) is 3.03. The predicted octanol–water partition coefficient (Wildman–Crippen LogP) is -2.65. The topological polar surface area (TPSA) is 152 Å². The zero-order valence-corrected chi connectivity index (χ0v) is 11.2. The van der Waals surface area contributed by atoms with E-state index in [2.05, 4.69) is 20.3 Å². The Labute approximate surface area is 119 Å². The Morgan fingerprint density at radius 1 is 1.43 bits per heavy atom. The van der Waals surface area contributed by atoms with Gasteiger partial charge in [-0.3, -0.25) is 9.88 Å². The summed E-state index contributed by atoms with van der Waals surface area (Å²) in [6, 6.07) is 0. The Morgan fingerprint density at radius 3 is 2.81 bits per heavy atom. The van der Waals surface area contributed by atoms with Gasteiger partial charge in [-0.05, 0) is 7.05 Å². The number of rotatable bonds is 3. The van der Waals surface area contributed by atoms with Crippen molar-refractivity contribution in [3.63, 3.8) is 0 Å². The number of hydrogen-bond donors (Lipinski definition) is 5. The van der Waals surface area contributed by atoms with Crippen molar-refractivity contribution in [3.8, 4) is 0 Å². The molecular formula is C11H16N6O4. The molecule has 10 nitrogen and oxygen atoms in total. The fourth-order valence-electron chi connectivity index (χ4n) is 2.57. The van der Waals surface area contributed by atoms with Crippen LogP contribution in [0.25, 0.3) is 11.2 Å². The van der Waals surface area contributed by atoms with E-state index in [1.807, 2.05) is 0 Å². The Bertz CT molecular complexity index is 663.